The standard InChI is InChI=1S/C31H27ClN2O3/c1-31(36)16-25-11-12-26(17-31)34(25)19-27-15-29(35)28-14-20(3-13-30(28)37-27)2-9-24-10-6-22(18-33-24)21-4-7-23(32)8-5-21/h3-8,10,13-15,18,25-26,36H,11-12,16-17,19H2,1H3. The van der Waals surface area contributed by atoms with Crippen LogP contribution in [-0.2, 0) is 6.54 Å². The zero-order chi connectivity index (χ0) is 25.6. The number of piperidine rings is 1. The molecule has 0 radical (unpaired) electrons. The number of pyridine rings is 1. The maximum atomic E-state index is 13.0. The van der Waals surface area contributed by atoms with Crippen molar-refractivity contribution in [2.45, 2.75) is 56.8 Å². The second-order valence-electron chi connectivity index (χ2n) is 10.4. The van der Waals surface area contributed by atoms with E-state index in [9.17, 15) is 9.90 Å². The van der Waals surface area contributed by atoms with Crippen LogP contribution in [0.4, 0.5) is 0 Å². The lowest BCUT2D eigenvalue weighted by atomic mass is 9.88. The van der Waals surface area contributed by atoms with Gasteiger partial charge in [-0.3, -0.25) is 9.69 Å². The number of hydrogen-bond acceptors (Lipinski definition) is 5. The number of nitrogens with zero attached hydrogens (tertiary/aromatic N) is 2. The highest BCUT2D eigenvalue weighted by Gasteiger charge is 2.45. The molecule has 186 valence electrons. The second kappa shape index (κ2) is 9.46. The van der Waals surface area contributed by atoms with E-state index in [4.69, 9.17) is 16.0 Å². The lowest BCUT2D eigenvalue weighted by Crippen LogP contribution is -2.49. The molecule has 0 saturated carbocycles. The molecule has 2 aromatic carbocycles. The Labute approximate surface area is 220 Å². The minimum atomic E-state index is -0.599. The van der Waals surface area contributed by atoms with Gasteiger partial charge in [-0.05, 0) is 80.5 Å². The van der Waals surface area contributed by atoms with Gasteiger partial charge in [0.05, 0.1) is 17.5 Å². The van der Waals surface area contributed by atoms with E-state index in [0.29, 0.717) is 46.1 Å². The smallest absolute Gasteiger partial charge is 0.193 e. The molecule has 2 aromatic heterocycles. The van der Waals surface area contributed by atoms with Crippen LogP contribution in [0.2, 0.25) is 5.02 Å². The molecule has 4 heterocycles. The van der Waals surface area contributed by atoms with Crippen LogP contribution in [-0.4, -0.2) is 32.7 Å². The number of rotatable bonds is 3. The van der Waals surface area contributed by atoms with Gasteiger partial charge in [0.1, 0.15) is 17.0 Å². The van der Waals surface area contributed by atoms with Crippen molar-refractivity contribution in [1.29, 1.82) is 0 Å². The molecule has 2 aliphatic heterocycles. The average Bonchev–Trinajstić information content (AvgIpc) is 3.13. The van der Waals surface area contributed by atoms with Crippen molar-refractivity contribution in [2.24, 2.45) is 0 Å². The van der Waals surface area contributed by atoms with Gasteiger partial charge in [-0.1, -0.05) is 35.7 Å². The third-order valence-corrected chi connectivity index (χ3v) is 7.77. The molecule has 2 fully saturated rings. The summed E-state index contributed by atoms with van der Waals surface area (Å²) >= 11 is 5.97. The van der Waals surface area contributed by atoms with Crippen molar-refractivity contribution in [1.82, 2.24) is 9.88 Å². The van der Waals surface area contributed by atoms with E-state index >= 15 is 0 Å². The van der Waals surface area contributed by atoms with Gasteiger partial charge in [0, 0.05) is 40.5 Å². The average molecular weight is 511 g/mol. The lowest BCUT2D eigenvalue weighted by molar-refractivity contribution is -0.0429. The Balaban J connectivity index is 1.20. The van der Waals surface area contributed by atoms with Crippen LogP contribution in [0.1, 0.15) is 49.6 Å². The molecular formula is C31H27ClN2O3. The lowest BCUT2D eigenvalue weighted by Gasteiger charge is -2.41. The highest BCUT2D eigenvalue weighted by atomic mass is 35.5. The van der Waals surface area contributed by atoms with Gasteiger partial charge in [0.2, 0.25) is 0 Å². The number of aliphatic hydroxyl groups is 1. The highest BCUT2D eigenvalue weighted by molar-refractivity contribution is 6.30. The first-order chi connectivity index (χ1) is 17.8. The van der Waals surface area contributed by atoms with E-state index in [1.807, 2.05) is 55.5 Å². The number of benzene rings is 2. The Morgan fingerprint density at radius 2 is 1.76 bits per heavy atom. The SMILES string of the molecule is CC1(O)CC2CCC(C1)N2Cc1cc(=O)c2cc(C#Cc3ccc(-c4ccc(Cl)cc4)cn3)ccc2o1. The third kappa shape index (κ3) is 5.06. The molecule has 0 aliphatic carbocycles. The van der Waals surface area contributed by atoms with E-state index in [2.05, 4.69) is 21.7 Å². The molecule has 0 spiro atoms. The minimum Gasteiger partial charge on any atom is -0.459 e. The van der Waals surface area contributed by atoms with Crippen molar-refractivity contribution in [3.63, 3.8) is 0 Å². The maximum Gasteiger partial charge on any atom is 0.193 e. The molecule has 37 heavy (non-hydrogen) atoms. The summed E-state index contributed by atoms with van der Waals surface area (Å²) in [6.45, 7) is 2.52. The van der Waals surface area contributed by atoms with Crippen LogP contribution in [0, 0.1) is 11.8 Å². The predicted octanol–water partition coefficient (Wildman–Crippen LogP) is 5.79. The van der Waals surface area contributed by atoms with E-state index in [1.165, 1.54) is 0 Å². The first kappa shape index (κ1) is 23.9. The summed E-state index contributed by atoms with van der Waals surface area (Å²) in [6.07, 6.45) is 5.49. The quantitative estimate of drug-likeness (QED) is 0.353. The number of hydrogen-bond donors (Lipinski definition) is 1. The van der Waals surface area contributed by atoms with Gasteiger partial charge in [-0.2, -0.15) is 0 Å². The molecule has 2 aliphatic rings. The molecule has 2 unspecified atom stereocenters. The van der Waals surface area contributed by atoms with Gasteiger partial charge in [-0.15, -0.1) is 0 Å². The molecule has 4 aromatic rings. The maximum absolute atomic E-state index is 13.0. The topological polar surface area (TPSA) is 66.6 Å². The van der Waals surface area contributed by atoms with E-state index in [1.54, 1.807) is 18.3 Å². The van der Waals surface area contributed by atoms with Crippen LogP contribution in [0.25, 0.3) is 22.1 Å². The fourth-order valence-corrected chi connectivity index (χ4v) is 5.89. The summed E-state index contributed by atoms with van der Waals surface area (Å²) in [4.78, 5) is 19.8. The molecule has 5 nitrogen and oxygen atoms in total. The monoisotopic (exact) mass is 510 g/mol. The number of aromatic nitrogens is 1. The third-order valence-electron chi connectivity index (χ3n) is 7.51. The Morgan fingerprint density at radius 1 is 1.03 bits per heavy atom. The predicted molar refractivity (Wildman–Crippen MR) is 145 cm³/mol. The van der Waals surface area contributed by atoms with Gasteiger partial charge in [-0.25, -0.2) is 4.98 Å². The summed E-state index contributed by atoms with van der Waals surface area (Å²) in [6, 6.07) is 19.2. The van der Waals surface area contributed by atoms with Crippen LogP contribution >= 0.6 is 11.6 Å². The van der Waals surface area contributed by atoms with E-state index < -0.39 is 5.60 Å². The zero-order valence-corrected chi connectivity index (χ0v) is 21.3. The first-order valence-electron chi connectivity index (χ1n) is 12.6. The summed E-state index contributed by atoms with van der Waals surface area (Å²) < 4.78 is 6.13. The molecule has 1 N–H and O–H groups in total. The van der Waals surface area contributed by atoms with Crippen LogP contribution in [0.3, 0.4) is 0 Å². The van der Waals surface area contributed by atoms with Crippen molar-refractivity contribution in [3.05, 3.63) is 99.1 Å². The summed E-state index contributed by atoms with van der Waals surface area (Å²) in [5.74, 6) is 6.86. The first-order valence-corrected chi connectivity index (χ1v) is 13.0. The van der Waals surface area contributed by atoms with Crippen molar-refractivity contribution < 1.29 is 9.52 Å². The van der Waals surface area contributed by atoms with Gasteiger partial charge >= 0.3 is 0 Å². The van der Waals surface area contributed by atoms with Crippen molar-refractivity contribution in [2.75, 3.05) is 0 Å². The highest BCUT2D eigenvalue weighted by Crippen LogP contribution is 2.41. The fourth-order valence-electron chi connectivity index (χ4n) is 5.77. The summed E-state index contributed by atoms with van der Waals surface area (Å²) in [5, 5.41) is 11.7. The Hall–Kier alpha value is -3.43. The van der Waals surface area contributed by atoms with Crippen molar-refractivity contribution in [3.8, 4) is 23.0 Å². The molecular weight excluding hydrogens is 484 g/mol. The molecule has 2 bridgehead atoms. The number of fused-ring (bicyclic) bond motifs is 3. The van der Waals surface area contributed by atoms with Crippen LogP contribution in [0.15, 0.2) is 76.1 Å². The summed E-state index contributed by atoms with van der Waals surface area (Å²) in [7, 11) is 0. The fraction of sp³-hybridized carbons (Fsp3) is 0.290. The number of halogens is 1. The van der Waals surface area contributed by atoms with E-state index in [-0.39, 0.29) is 5.43 Å². The van der Waals surface area contributed by atoms with Crippen LogP contribution in [0.5, 0.6) is 0 Å². The Kier molecular flexibility index (Phi) is 6.12. The molecule has 2 saturated heterocycles. The van der Waals surface area contributed by atoms with Gasteiger partial charge in [0.15, 0.2) is 5.43 Å². The Bertz CT molecular complexity index is 1560. The molecule has 6 rings (SSSR count). The van der Waals surface area contributed by atoms with Crippen molar-refractivity contribution >= 4 is 22.6 Å². The molecule has 6 heteroatoms. The van der Waals surface area contributed by atoms with Crippen LogP contribution < -0.4 is 5.43 Å². The summed E-state index contributed by atoms with van der Waals surface area (Å²) in [5.41, 5.74) is 3.30. The van der Waals surface area contributed by atoms with Gasteiger partial charge < -0.3 is 9.52 Å². The van der Waals surface area contributed by atoms with E-state index in [0.717, 1.165) is 42.4 Å². The Morgan fingerprint density at radius 3 is 2.46 bits per heavy atom. The van der Waals surface area contributed by atoms with Gasteiger partial charge in [0.25, 0.3) is 0 Å². The normalized spacial score (nSPS) is 23.1. The zero-order valence-electron chi connectivity index (χ0n) is 20.6. The minimum absolute atomic E-state index is 0.0679. The molecule has 2 atom stereocenters. The molecule has 0 amide bonds. The second-order valence-corrected chi connectivity index (χ2v) is 10.9. The largest absolute Gasteiger partial charge is 0.459 e.